The Bertz CT molecular complexity index is 556. The molecule has 2 nitrogen and oxygen atoms in total. The predicted octanol–water partition coefficient (Wildman–Crippen LogP) is 4.01. The summed E-state index contributed by atoms with van der Waals surface area (Å²) in [5.41, 5.74) is 8.68. The van der Waals surface area contributed by atoms with E-state index in [4.69, 9.17) is 5.73 Å². The number of nitrogens with two attached hydrogens (primary N) is 1. The summed E-state index contributed by atoms with van der Waals surface area (Å²) in [7, 11) is 2.15. The smallest absolute Gasteiger partial charge is 0.0284 e. The van der Waals surface area contributed by atoms with Crippen LogP contribution in [0.5, 0.6) is 0 Å². The third-order valence-electron chi connectivity index (χ3n) is 4.09. The van der Waals surface area contributed by atoms with E-state index in [-0.39, 0.29) is 0 Å². The Morgan fingerprint density at radius 3 is 2.29 bits per heavy atom. The monoisotopic (exact) mass is 346 g/mol. The molecule has 0 aromatic heterocycles. The Labute approximate surface area is 136 Å². The molecule has 0 spiro atoms. The fourth-order valence-corrected chi connectivity index (χ4v) is 3.17. The van der Waals surface area contributed by atoms with Gasteiger partial charge >= 0.3 is 0 Å². The van der Waals surface area contributed by atoms with Crippen molar-refractivity contribution in [3.63, 3.8) is 0 Å². The quantitative estimate of drug-likeness (QED) is 0.855. The predicted molar refractivity (Wildman–Crippen MR) is 93.3 cm³/mol. The highest BCUT2D eigenvalue weighted by molar-refractivity contribution is 9.10. The third kappa shape index (κ3) is 4.16. The van der Waals surface area contributed by atoms with Crippen LogP contribution in [0.25, 0.3) is 0 Å². The Morgan fingerprint density at radius 2 is 1.67 bits per heavy atom. The van der Waals surface area contributed by atoms with Gasteiger partial charge in [0.1, 0.15) is 0 Å². The first-order chi connectivity index (χ1) is 10.1. The molecule has 0 radical (unpaired) electrons. The van der Waals surface area contributed by atoms with Crippen LogP contribution in [0, 0.1) is 0 Å². The molecule has 2 rings (SSSR count). The summed E-state index contributed by atoms with van der Waals surface area (Å²) in [6.45, 7) is 3.79. The Morgan fingerprint density at radius 1 is 1.05 bits per heavy atom. The summed E-state index contributed by atoms with van der Waals surface area (Å²) in [6, 6.07) is 19.3. The van der Waals surface area contributed by atoms with Crippen LogP contribution in [0.1, 0.15) is 24.0 Å². The average Bonchev–Trinajstić information content (AvgIpc) is 2.51. The molecule has 0 heterocycles. The van der Waals surface area contributed by atoms with Crippen LogP contribution in [0.4, 0.5) is 0 Å². The van der Waals surface area contributed by atoms with E-state index in [1.165, 1.54) is 11.1 Å². The van der Waals surface area contributed by atoms with Crippen molar-refractivity contribution < 1.29 is 0 Å². The highest BCUT2D eigenvalue weighted by Gasteiger charge is 2.22. The fourth-order valence-electron chi connectivity index (χ4n) is 2.76. The summed E-state index contributed by atoms with van der Waals surface area (Å²) >= 11 is 3.62. The molecule has 0 aliphatic rings. The lowest BCUT2D eigenvalue weighted by molar-refractivity contribution is 0.212. The van der Waals surface area contributed by atoms with Crippen LogP contribution in [0.15, 0.2) is 59.1 Å². The average molecular weight is 347 g/mol. The minimum absolute atomic E-state index is 0.319. The number of rotatable bonds is 6. The Hall–Kier alpha value is -1.16. The van der Waals surface area contributed by atoms with Crippen LogP contribution in [-0.2, 0) is 6.54 Å². The van der Waals surface area contributed by atoms with Gasteiger partial charge in [0.05, 0.1) is 0 Å². The molecule has 2 atom stereocenters. The van der Waals surface area contributed by atoms with Crippen molar-refractivity contribution in [3.05, 3.63) is 70.2 Å². The number of nitrogens with zero attached hydrogens (tertiary/aromatic N) is 1. The van der Waals surface area contributed by atoms with Crippen molar-refractivity contribution in [2.24, 2.45) is 5.73 Å². The number of halogens is 1. The molecule has 0 aliphatic heterocycles. The van der Waals surface area contributed by atoms with E-state index in [1.54, 1.807) is 0 Å². The molecule has 0 bridgehead atoms. The van der Waals surface area contributed by atoms with Gasteiger partial charge in [-0.25, -0.2) is 0 Å². The van der Waals surface area contributed by atoms with Gasteiger partial charge in [-0.15, -0.1) is 0 Å². The second kappa shape index (κ2) is 7.74. The summed E-state index contributed by atoms with van der Waals surface area (Å²) in [4.78, 5) is 2.34. The highest BCUT2D eigenvalue weighted by Crippen LogP contribution is 2.24. The van der Waals surface area contributed by atoms with Gasteiger partial charge in [0, 0.05) is 23.6 Å². The van der Waals surface area contributed by atoms with Gasteiger partial charge in [0.2, 0.25) is 0 Å². The zero-order valence-electron chi connectivity index (χ0n) is 12.7. The lowest BCUT2D eigenvalue weighted by atomic mass is 9.92. The van der Waals surface area contributed by atoms with E-state index in [0.717, 1.165) is 11.0 Å². The molecule has 0 amide bonds. The van der Waals surface area contributed by atoms with E-state index in [1.807, 2.05) is 6.07 Å². The molecular weight excluding hydrogens is 324 g/mol. The van der Waals surface area contributed by atoms with Gasteiger partial charge in [-0.2, -0.15) is 0 Å². The topological polar surface area (TPSA) is 29.3 Å². The number of benzene rings is 2. The minimum Gasteiger partial charge on any atom is -0.329 e. The molecule has 0 saturated carbocycles. The molecule has 0 saturated heterocycles. The van der Waals surface area contributed by atoms with E-state index < -0.39 is 0 Å². The first-order valence-electron chi connectivity index (χ1n) is 7.32. The van der Waals surface area contributed by atoms with E-state index in [9.17, 15) is 0 Å². The molecule has 21 heavy (non-hydrogen) atoms. The maximum Gasteiger partial charge on any atom is 0.0284 e. The van der Waals surface area contributed by atoms with E-state index >= 15 is 0 Å². The fraction of sp³-hybridized carbons (Fsp3) is 0.333. The molecule has 0 fully saturated rings. The van der Waals surface area contributed by atoms with Crippen molar-refractivity contribution in [2.45, 2.75) is 25.4 Å². The Balaban J connectivity index is 2.12. The lowest BCUT2D eigenvalue weighted by Crippen LogP contribution is -2.41. The largest absolute Gasteiger partial charge is 0.329 e. The van der Waals surface area contributed by atoms with Crippen molar-refractivity contribution in [2.75, 3.05) is 13.6 Å². The van der Waals surface area contributed by atoms with Crippen LogP contribution in [0.3, 0.4) is 0 Å². The maximum absolute atomic E-state index is 6.05. The minimum atomic E-state index is 0.319. The van der Waals surface area contributed by atoms with Gasteiger partial charge in [-0.1, -0.05) is 71.4 Å². The second-order valence-electron chi connectivity index (χ2n) is 5.51. The van der Waals surface area contributed by atoms with Gasteiger partial charge in [0.25, 0.3) is 0 Å². The van der Waals surface area contributed by atoms with Crippen LogP contribution < -0.4 is 5.73 Å². The van der Waals surface area contributed by atoms with Crippen LogP contribution in [0.2, 0.25) is 0 Å². The van der Waals surface area contributed by atoms with Gasteiger partial charge in [0.15, 0.2) is 0 Å². The highest BCUT2D eigenvalue weighted by atomic mass is 79.9. The second-order valence-corrected chi connectivity index (χ2v) is 6.36. The summed E-state index contributed by atoms with van der Waals surface area (Å²) in [6.07, 6.45) is 0. The molecule has 2 unspecified atom stereocenters. The normalized spacial score (nSPS) is 14.1. The Kier molecular flexibility index (Phi) is 5.97. The first-order valence-corrected chi connectivity index (χ1v) is 8.11. The molecule has 2 N–H and O–H groups in total. The molecule has 112 valence electrons. The molecule has 2 aromatic carbocycles. The van der Waals surface area contributed by atoms with Crippen molar-refractivity contribution in [3.8, 4) is 0 Å². The maximum atomic E-state index is 6.05. The SMILES string of the molecule is CC(c1ccccc1)C(CN)N(C)Cc1ccccc1Br. The zero-order chi connectivity index (χ0) is 15.2. The number of hydrogen-bond donors (Lipinski definition) is 1. The van der Waals surface area contributed by atoms with Gasteiger partial charge < -0.3 is 5.73 Å². The number of likely N-dealkylation sites (N-methyl/N-ethyl adjacent to an activating group) is 1. The summed E-state index contributed by atoms with van der Waals surface area (Å²) < 4.78 is 1.15. The summed E-state index contributed by atoms with van der Waals surface area (Å²) in [5, 5.41) is 0. The van der Waals surface area contributed by atoms with Crippen LogP contribution >= 0.6 is 15.9 Å². The number of hydrogen-bond acceptors (Lipinski definition) is 2. The van der Waals surface area contributed by atoms with Crippen molar-refractivity contribution in [1.82, 2.24) is 4.90 Å². The first kappa shape index (κ1) is 16.2. The molecule has 0 aliphatic carbocycles. The molecule has 3 heteroatoms. The summed E-state index contributed by atoms with van der Waals surface area (Å²) in [5.74, 6) is 0.406. The van der Waals surface area contributed by atoms with Gasteiger partial charge in [-0.3, -0.25) is 4.90 Å². The zero-order valence-corrected chi connectivity index (χ0v) is 14.3. The van der Waals surface area contributed by atoms with E-state index in [2.05, 4.69) is 83.3 Å². The van der Waals surface area contributed by atoms with E-state index in [0.29, 0.717) is 18.5 Å². The van der Waals surface area contributed by atoms with Crippen molar-refractivity contribution >= 4 is 15.9 Å². The van der Waals surface area contributed by atoms with Gasteiger partial charge in [-0.05, 0) is 30.2 Å². The third-order valence-corrected chi connectivity index (χ3v) is 4.86. The molecular formula is C18H23BrN2. The standard InChI is InChI=1S/C18H23BrN2/c1-14(15-8-4-3-5-9-15)18(12-20)21(2)13-16-10-6-7-11-17(16)19/h3-11,14,18H,12-13,20H2,1-2H3. The molecule has 2 aromatic rings. The lowest BCUT2D eigenvalue weighted by Gasteiger charge is -2.32. The van der Waals surface area contributed by atoms with Crippen molar-refractivity contribution in [1.29, 1.82) is 0 Å². The van der Waals surface area contributed by atoms with Crippen LogP contribution in [-0.4, -0.2) is 24.5 Å².